The Labute approximate surface area is 114 Å². The Kier molecular flexibility index (Phi) is 6.18. The average Bonchev–Trinajstić information content (AvgIpc) is 2.82. The monoisotopic (exact) mass is 316 g/mol. The van der Waals surface area contributed by atoms with Gasteiger partial charge in [0, 0.05) is 0 Å². The van der Waals surface area contributed by atoms with E-state index in [0.717, 1.165) is 0 Å². The number of hydrogen-bond donors (Lipinski definition) is 0. The molecule has 0 aromatic heterocycles. The van der Waals surface area contributed by atoms with Crippen LogP contribution in [0.4, 0.5) is 0 Å². The summed E-state index contributed by atoms with van der Waals surface area (Å²) >= 11 is 0. The van der Waals surface area contributed by atoms with E-state index in [-0.39, 0.29) is 36.9 Å². The Morgan fingerprint density at radius 3 is 1.58 bits per heavy atom. The van der Waals surface area contributed by atoms with E-state index in [1.165, 1.54) is 13.8 Å². The highest BCUT2D eigenvalue weighted by molar-refractivity contribution is 7.86. The van der Waals surface area contributed by atoms with Gasteiger partial charge in [0.05, 0.1) is 36.9 Å². The van der Waals surface area contributed by atoms with E-state index in [1.807, 2.05) is 0 Å². The molecule has 0 aromatic rings. The predicted octanol–water partition coefficient (Wildman–Crippen LogP) is 0.267. The van der Waals surface area contributed by atoms with E-state index < -0.39 is 20.2 Å². The Bertz CT molecular complexity index is 424. The largest absolute Gasteiger partial charge is 0.370 e. The Hall–Kier alpha value is -0.220. The van der Waals surface area contributed by atoms with Crippen LogP contribution in [-0.2, 0) is 33.3 Å². The topological polar surface area (TPSA) is 96.0 Å². The van der Waals surface area contributed by atoms with Crippen molar-refractivity contribution in [2.45, 2.75) is 38.9 Å². The maximum Gasteiger partial charge on any atom is 0.267 e. The van der Waals surface area contributed by atoms with Crippen molar-refractivity contribution < 1.29 is 29.9 Å². The number of rotatable bonds is 8. The van der Waals surface area contributed by atoms with Gasteiger partial charge in [-0.15, -0.1) is 0 Å². The van der Waals surface area contributed by atoms with Crippen LogP contribution in [0.3, 0.4) is 0 Å². The third kappa shape index (κ3) is 6.17. The SMILES string of the molecule is CCS(=O)(=O)OCC1CCC(COS(=O)(=O)CC)O1. The van der Waals surface area contributed by atoms with Crippen molar-refractivity contribution in [3.63, 3.8) is 0 Å². The second-order valence-electron chi connectivity index (χ2n) is 4.22. The molecule has 114 valence electrons. The first kappa shape index (κ1) is 16.8. The highest BCUT2D eigenvalue weighted by Crippen LogP contribution is 2.21. The summed E-state index contributed by atoms with van der Waals surface area (Å²) in [5.41, 5.74) is 0. The Balaban J connectivity index is 2.31. The van der Waals surface area contributed by atoms with Gasteiger partial charge in [-0.3, -0.25) is 8.37 Å². The molecule has 2 unspecified atom stereocenters. The van der Waals surface area contributed by atoms with E-state index in [4.69, 9.17) is 13.1 Å². The van der Waals surface area contributed by atoms with Gasteiger partial charge < -0.3 is 4.74 Å². The molecule has 0 saturated carbocycles. The summed E-state index contributed by atoms with van der Waals surface area (Å²) < 4.78 is 59.6. The van der Waals surface area contributed by atoms with Gasteiger partial charge in [0.25, 0.3) is 20.2 Å². The molecule has 9 heteroatoms. The van der Waals surface area contributed by atoms with E-state index in [9.17, 15) is 16.8 Å². The zero-order valence-electron chi connectivity index (χ0n) is 11.1. The molecular weight excluding hydrogens is 296 g/mol. The molecule has 2 atom stereocenters. The first-order valence-corrected chi connectivity index (χ1v) is 9.33. The molecule has 1 saturated heterocycles. The summed E-state index contributed by atoms with van der Waals surface area (Å²) in [6.45, 7) is 2.93. The Morgan fingerprint density at radius 2 is 1.26 bits per heavy atom. The lowest BCUT2D eigenvalue weighted by Gasteiger charge is -2.13. The van der Waals surface area contributed by atoms with Crippen molar-refractivity contribution in [2.24, 2.45) is 0 Å². The van der Waals surface area contributed by atoms with Gasteiger partial charge >= 0.3 is 0 Å². The summed E-state index contributed by atoms with van der Waals surface area (Å²) in [5, 5.41) is 0. The quantitative estimate of drug-likeness (QED) is 0.593. The lowest BCUT2D eigenvalue weighted by atomic mass is 10.2. The van der Waals surface area contributed by atoms with E-state index in [2.05, 4.69) is 0 Å². The lowest BCUT2D eigenvalue weighted by molar-refractivity contribution is -0.000108. The molecule has 0 aromatic carbocycles. The van der Waals surface area contributed by atoms with Gasteiger partial charge in [0.15, 0.2) is 0 Å². The molecule has 0 aliphatic carbocycles. The standard InChI is InChI=1S/C10H20O7S2/c1-3-18(11,12)15-7-9-5-6-10(17-9)8-16-19(13,14)4-2/h9-10H,3-8H2,1-2H3. The fraction of sp³-hybridized carbons (Fsp3) is 1.00. The van der Waals surface area contributed by atoms with Crippen LogP contribution in [0.15, 0.2) is 0 Å². The van der Waals surface area contributed by atoms with E-state index >= 15 is 0 Å². The zero-order valence-corrected chi connectivity index (χ0v) is 12.7. The minimum absolute atomic E-state index is 0.0345. The minimum Gasteiger partial charge on any atom is -0.370 e. The molecule has 1 rings (SSSR count). The van der Waals surface area contributed by atoms with E-state index in [1.54, 1.807) is 0 Å². The number of ether oxygens (including phenoxy) is 1. The van der Waals surface area contributed by atoms with Gasteiger partial charge in [0.1, 0.15) is 0 Å². The van der Waals surface area contributed by atoms with Crippen molar-refractivity contribution in [3.05, 3.63) is 0 Å². The van der Waals surface area contributed by atoms with Gasteiger partial charge in [0.2, 0.25) is 0 Å². The smallest absolute Gasteiger partial charge is 0.267 e. The van der Waals surface area contributed by atoms with Crippen molar-refractivity contribution in [3.8, 4) is 0 Å². The predicted molar refractivity (Wildman–Crippen MR) is 68.7 cm³/mol. The molecule has 1 fully saturated rings. The van der Waals surface area contributed by atoms with Crippen LogP contribution in [0, 0.1) is 0 Å². The summed E-state index contributed by atoms with van der Waals surface area (Å²) in [4.78, 5) is 0. The molecule has 19 heavy (non-hydrogen) atoms. The molecule has 0 amide bonds. The molecular formula is C10H20O7S2. The molecule has 1 aliphatic heterocycles. The second kappa shape index (κ2) is 6.98. The van der Waals surface area contributed by atoms with Crippen LogP contribution in [0.2, 0.25) is 0 Å². The Morgan fingerprint density at radius 1 is 0.895 bits per heavy atom. The zero-order chi connectivity index (χ0) is 14.5. The molecule has 0 N–H and O–H groups in total. The molecule has 7 nitrogen and oxygen atoms in total. The van der Waals surface area contributed by atoms with Crippen LogP contribution in [0.1, 0.15) is 26.7 Å². The minimum atomic E-state index is -3.47. The highest BCUT2D eigenvalue weighted by atomic mass is 32.2. The first-order chi connectivity index (χ1) is 8.78. The molecule has 0 spiro atoms. The van der Waals surface area contributed by atoms with Crippen LogP contribution >= 0.6 is 0 Å². The lowest BCUT2D eigenvalue weighted by Crippen LogP contribution is -2.23. The number of hydrogen-bond acceptors (Lipinski definition) is 7. The van der Waals surface area contributed by atoms with Gasteiger partial charge in [-0.1, -0.05) is 0 Å². The summed E-state index contributed by atoms with van der Waals surface area (Å²) in [6, 6.07) is 0. The van der Waals surface area contributed by atoms with Gasteiger partial charge in [-0.25, -0.2) is 0 Å². The average molecular weight is 316 g/mol. The summed E-state index contributed by atoms with van der Waals surface area (Å²) in [5.74, 6) is -0.165. The van der Waals surface area contributed by atoms with Crippen molar-refractivity contribution >= 4 is 20.2 Å². The maximum atomic E-state index is 11.2. The fourth-order valence-corrected chi connectivity index (χ4v) is 2.60. The van der Waals surface area contributed by atoms with Crippen molar-refractivity contribution in [2.75, 3.05) is 24.7 Å². The molecule has 1 aliphatic rings. The third-order valence-electron chi connectivity index (χ3n) is 2.77. The summed E-state index contributed by atoms with van der Waals surface area (Å²) in [7, 11) is -6.94. The third-order valence-corrected chi connectivity index (χ3v) is 5.17. The summed E-state index contributed by atoms with van der Waals surface area (Å²) in [6.07, 6.45) is 0.581. The van der Waals surface area contributed by atoms with Gasteiger partial charge in [-0.2, -0.15) is 16.8 Å². The van der Waals surface area contributed by atoms with Crippen LogP contribution in [0.5, 0.6) is 0 Å². The highest BCUT2D eigenvalue weighted by Gasteiger charge is 2.28. The van der Waals surface area contributed by atoms with Crippen LogP contribution in [0.25, 0.3) is 0 Å². The fourth-order valence-electron chi connectivity index (χ4n) is 1.55. The van der Waals surface area contributed by atoms with E-state index in [0.29, 0.717) is 12.8 Å². The van der Waals surface area contributed by atoms with Crippen molar-refractivity contribution in [1.82, 2.24) is 0 Å². The molecule has 0 bridgehead atoms. The maximum absolute atomic E-state index is 11.2. The normalized spacial score (nSPS) is 24.7. The molecule has 1 heterocycles. The van der Waals surface area contributed by atoms with Gasteiger partial charge in [-0.05, 0) is 26.7 Å². The second-order valence-corrected chi connectivity index (χ2v) is 8.08. The first-order valence-electron chi connectivity index (χ1n) is 6.17. The molecule has 0 radical (unpaired) electrons. The van der Waals surface area contributed by atoms with Crippen LogP contribution in [-0.4, -0.2) is 53.8 Å². The van der Waals surface area contributed by atoms with Crippen molar-refractivity contribution in [1.29, 1.82) is 0 Å². The van der Waals surface area contributed by atoms with Crippen LogP contribution < -0.4 is 0 Å².